The van der Waals surface area contributed by atoms with Gasteiger partial charge in [0.1, 0.15) is 0 Å². The summed E-state index contributed by atoms with van der Waals surface area (Å²) in [4.78, 5) is 29.7. The molecule has 19 heavy (non-hydrogen) atoms. The summed E-state index contributed by atoms with van der Waals surface area (Å²) in [6.07, 6.45) is 2.68. The van der Waals surface area contributed by atoms with Crippen molar-refractivity contribution in [3.8, 4) is 11.8 Å². The summed E-state index contributed by atoms with van der Waals surface area (Å²) in [6.45, 7) is 1.90. The molecule has 2 rings (SSSR count). The smallest absolute Gasteiger partial charge is 0.235 e. The molecular weight excluding hydrogens is 264 g/mol. The highest BCUT2D eigenvalue weighted by atomic mass is 32.1. The Morgan fingerprint density at radius 2 is 2.16 bits per heavy atom. The number of hydrogen-bond acceptors (Lipinski definition) is 5. The lowest BCUT2D eigenvalue weighted by molar-refractivity contribution is -0.130. The van der Waals surface area contributed by atoms with E-state index in [0.29, 0.717) is 29.3 Å². The van der Waals surface area contributed by atoms with Gasteiger partial charge in [-0.05, 0) is 5.92 Å². The van der Waals surface area contributed by atoms with E-state index in [1.165, 1.54) is 11.3 Å². The highest BCUT2D eigenvalue weighted by Gasteiger charge is 2.33. The van der Waals surface area contributed by atoms with Gasteiger partial charge in [-0.15, -0.1) is 0 Å². The largest absolute Gasteiger partial charge is 0.395 e. The van der Waals surface area contributed by atoms with Crippen molar-refractivity contribution in [3.05, 3.63) is 11.1 Å². The lowest BCUT2D eigenvalue weighted by Crippen LogP contribution is -2.42. The number of anilines is 1. The van der Waals surface area contributed by atoms with E-state index in [9.17, 15) is 9.59 Å². The van der Waals surface area contributed by atoms with Crippen molar-refractivity contribution in [1.29, 1.82) is 0 Å². The fourth-order valence-corrected chi connectivity index (χ4v) is 2.66. The minimum Gasteiger partial charge on any atom is -0.395 e. The number of thiazole rings is 1. The maximum atomic E-state index is 11.9. The molecule has 0 spiro atoms. The van der Waals surface area contributed by atoms with Crippen LogP contribution in [0.15, 0.2) is 6.20 Å². The zero-order chi connectivity index (χ0) is 13.8. The second-order valence-electron chi connectivity index (χ2n) is 4.42. The summed E-state index contributed by atoms with van der Waals surface area (Å²) in [6, 6.07) is 0. The second kappa shape index (κ2) is 5.95. The first kappa shape index (κ1) is 13.7. The Morgan fingerprint density at radius 1 is 1.47 bits per heavy atom. The normalized spacial score (nSPS) is 16.4. The standard InChI is InChI=1S/C13H14N2O3S/c1-9-6-11(17)15(12(18)7-9)13-14-8-10(19-13)4-2-3-5-16/h8-9,16H,3,5-7H2,1H3. The van der Waals surface area contributed by atoms with Crippen LogP contribution in [0.5, 0.6) is 0 Å². The molecule has 0 unspecified atom stereocenters. The van der Waals surface area contributed by atoms with Crippen LogP contribution in [0.3, 0.4) is 0 Å². The van der Waals surface area contributed by atoms with E-state index >= 15 is 0 Å². The number of rotatable bonds is 2. The zero-order valence-electron chi connectivity index (χ0n) is 10.5. The van der Waals surface area contributed by atoms with Crippen molar-refractivity contribution in [2.75, 3.05) is 11.5 Å². The van der Waals surface area contributed by atoms with Gasteiger partial charge in [0, 0.05) is 19.3 Å². The number of aromatic nitrogens is 1. The fraction of sp³-hybridized carbons (Fsp3) is 0.462. The maximum absolute atomic E-state index is 11.9. The monoisotopic (exact) mass is 278 g/mol. The molecule has 1 aromatic heterocycles. The summed E-state index contributed by atoms with van der Waals surface area (Å²) in [5.41, 5.74) is 0. The second-order valence-corrected chi connectivity index (χ2v) is 5.43. The Hall–Kier alpha value is -1.71. The number of carbonyl (C=O) groups is 2. The molecule has 6 heteroatoms. The molecule has 1 aromatic rings. The van der Waals surface area contributed by atoms with Crippen molar-refractivity contribution < 1.29 is 14.7 Å². The Balaban J connectivity index is 2.16. The summed E-state index contributed by atoms with van der Waals surface area (Å²) >= 11 is 1.22. The average Bonchev–Trinajstić information content (AvgIpc) is 2.76. The third-order valence-corrected chi connectivity index (χ3v) is 3.58. The summed E-state index contributed by atoms with van der Waals surface area (Å²) in [5, 5.41) is 9.02. The first-order valence-corrected chi connectivity index (χ1v) is 6.85. The van der Waals surface area contributed by atoms with Crippen molar-refractivity contribution in [2.45, 2.75) is 26.2 Å². The van der Waals surface area contributed by atoms with E-state index in [0.717, 1.165) is 4.90 Å². The predicted octanol–water partition coefficient (Wildman–Crippen LogP) is 1.17. The van der Waals surface area contributed by atoms with Crippen molar-refractivity contribution >= 4 is 28.3 Å². The minimum absolute atomic E-state index is 0.0135. The molecule has 100 valence electrons. The third-order valence-electron chi connectivity index (χ3n) is 2.68. The van der Waals surface area contributed by atoms with Crippen LogP contribution in [0.4, 0.5) is 5.13 Å². The van der Waals surface area contributed by atoms with Gasteiger partial charge in [0.25, 0.3) is 0 Å². The molecule has 1 aliphatic rings. The molecule has 2 heterocycles. The lowest BCUT2D eigenvalue weighted by atomic mass is 9.98. The lowest BCUT2D eigenvalue weighted by Gasteiger charge is -2.25. The molecule has 0 aliphatic carbocycles. The van der Waals surface area contributed by atoms with Crippen LogP contribution < -0.4 is 4.90 Å². The van der Waals surface area contributed by atoms with E-state index in [2.05, 4.69) is 16.8 Å². The third kappa shape index (κ3) is 3.19. The fourth-order valence-electron chi connectivity index (χ4n) is 1.83. The molecule has 5 nitrogen and oxygen atoms in total. The van der Waals surface area contributed by atoms with Crippen LogP contribution in [0.25, 0.3) is 0 Å². The quantitative estimate of drug-likeness (QED) is 0.651. The number of amides is 2. The highest BCUT2D eigenvalue weighted by molar-refractivity contribution is 7.16. The van der Waals surface area contributed by atoms with E-state index in [4.69, 9.17) is 5.11 Å². The number of piperidine rings is 1. The van der Waals surface area contributed by atoms with Crippen LogP contribution in [-0.2, 0) is 9.59 Å². The molecule has 0 saturated carbocycles. The van der Waals surface area contributed by atoms with Gasteiger partial charge in [0.15, 0.2) is 5.13 Å². The van der Waals surface area contributed by atoms with E-state index < -0.39 is 0 Å². The van der Waals surface area contributed by atoms with E-state index in [1.54, 1.807) is 6.20 Å². The van der Waals surface area contributed by atoms with Crippen molar-refractivity contribution in [3.63, 3.8) is 0 Å². The van der Waals surface area contributed by atoms with Crippen LogP contribution in [0.1, 0.15) is 31.1 Å². The maximum Gasteiger partial charge on any atom is 0.235 e. The number of aliphatic hydroxyl groups is 1. The Kier molecular flexibility index (Phi) is 4.30. The van der Waals surface area contributed by atoms with Gasteiger partial charge in [-0.2, -0.15) is 0 Å². The first-order valence-electron chi connectivity index (χ1n) is 6.03. The highest BCUT2D eigenvalue weighted by Crippen LogP contribution is 2.28. The molecule has 1 saturated heterocycles. The van der Waals surface area contributed by atoms with Crippen molar-refractivity contribution in [2.24, 2.45) is 5.92 Å². The van der Waals surface area contributed by atoms with Gasteiger partial charge >= 0.3 is 0 Å². The van der Waals surface area contributed by atoms with E-state index in [1.807, 2.05) is 6.92 Å². The number of imide groups is 1. The van der Waals surface area contributed by atoms with Gasteiger partial charge in [-0.25, -0.2) is 9.88 Å². The molecular formula is C13H14N2O3S. The molecule has 2 amide bonds. The number of nitrogens with zero attached hydrogens (tertiary/aromatic N) is 2. The van der Waals surface area contributed by atoms with Gasteiger partial charge < -0.3 is 5.11 Å². The summed E-state index contributed by atoms with van der Waals surface area (Å²) in [7, 11) is 0. The van der Waals surface area contributed by atoms with Gasteiger partial charge in [-0.3, -0.25) is 9.59 Å². The number of carbonyl (C=O) groups excluding carboxylic acids is 2. The average molecular weight is 278 g/mol. The van der Waals surface area contributed by atoms with E-state index in [-0.39, 0.29) is 24.3 Å². The first-order chi connectivity index (χ1) is 9.11. The van der Waals surface area contributed by atoms with Gasteiger partial charge in [0.2, 0.25) is 11.8 Å². The van der Waals surface area contributed by atoms with Crippen LogP contribution in [-0.4, -0.2) is 28.5 Å². The van der Waals surface area contributed by atoms with Crippen LogP contribution in [0.2, 0.25) is 0 Å². The molecule has 0 atom stereocenters. The number of aliphatic hydroxyl groups excluding tert-OH is 1. The molecule has 1 aliphatic heterocycles. The minimum atomic E-state index is -0.201. The Morgan fingerprint density at radius 3 is 2.79 bits per heavy atom. The van der Waals surface area contributed by atoms with Crippen molar-refractivity contribution in [1.82, 2.24) is 4.98 Å². The Bertz CT molecular complexity index is 538. The molecule has 1 N–H and O–H groups in total. The zero-order valence-corrected chi connectivity index (χ0v) is 11.4. The van der Waals surface area contributed by atoms with Crippen LogP contribution in [0, 0.1) is 17.8 Å². The summed E-state index contributed by atoms with van der Waals surface area (Å²) < 4.78 is 0. The summed E-state index contributed by atoms with van der Waals surface area (Å²) in [5.74, 6) is 5.31. The Labute approximate surface area is 115 Å². The van der Waals surface area contributed by atoms with Crippen LogP contribution >= 0.6 is 11.3 Å². The van der Waals surface area contributed by atoms with Gasteiger partial charge in [-0.1, -0.05) is 30.1 Å². The molecule has 0 aromatic carbocycles. The van der Waals surface area contributed by atoms with Gasteiger partial charge in [0.05, 0.1) is 17.7 Å². The number of hydrogen-bond donors (Lipinski definition) is 1. The SMILES string of the molecule is CC1CC(=O)N(c2ncc(C#CCCO)s2)C(=O)C1. The molecule has 1 fully saturated rings. The molecule has 0 radical (unpaired) electrons. The molecule has 0 bridgehead atoms. The topological polar surface area (TPSA) is 70.5 Å². The predicted molar refractivity (Wildman–Crippen MR) is 71.6 cm³/mol.